The van der Waals surface area contributed by atoms with Crippen LogP contribution in [0, 0.1) is 11.8 Å². The molecule has 1 amide bonds. The van der Waals surface area contributed by atoms with Crippen molar-refractivity contribution in [2.45, 2.75) is 91.8 Å². The maximum absolute atomic E-state index is 12.4. The van der Waals surface area contributed by atoms with Crippen LogP contribution in [0.5, 0.6) is 0 Å². The molecular weight excluding hydrogens is 290 g/mol. The highest BCUT2D eigenvalue weighted by Crippen LogP contribution is 2.33. The molecule has 1 fully saturated rings. The lowest BCUT2D eigenvalue weighted by atomic mass is 9.84. The second kappa shape index (κ2) is 9.31. The highest BCUT2D eigenvalue weighted by Gasteiger charge is 2.28. The first-order chi connectivity index (χ1) is 10.8. The number of nitrogens with zero attached hydrogens (tertiary/aromatic N) is 1. The van der Waals surface area contributed by atoms with E-state index in [0.717, 1.165) is 31.3 Å². The molecule has 0 spiro atoms. The summed E-state index contributed by atoms with van der Waals surface area (Å²) in [4.78, 5) is 14.1. The van der Waals surface area contributed by atoms with Crippen molar-refractivity contribution in [1.29, 1.82) is 0 Å². The summed E-state index contributed by atoms with van der Waals surface area (Å²) in [5, 5.41) is 10.5. The molecule has 0 aliphatic heterocycles. The number of aliphatic hydroxyl groups excluding tert-OH is 1. The van der Waals surface area contributed by atoms with Gasteiger partial charge in [0.05, 0.1) is 12.4 Å². The molecule has 0 aromatic carbocycles. The first-order valence-corrected chi connectivity index (χ1v) is 9.11. The van der Waals surface area contributed by atoms with Gasteiger partial charge < -0.3 is 14.7 Å². The lowest BCUT2D eigenvalue weighted by Gasteiger charge is -2.30. The lowest BCUT2D eigenvalue weighted by Crippen LogP contribution is -2.41. The number of aliphatic hydroxyl groups is 1. The van der Waals surface area contributed by atoms with Crippen LogP contribution >= 0.6 is 0 Å². The van der Waals surface area contributed by atoms with Crippen molar-refractivity contribution in [2.75, 3.05) is 0 Å². The summed E-state index contributed by atoms with van der Waals surface area (Å²) in [6.07, 6.45) is 6.24. The summed E-state index contributed by atoms with van der Waals surface area (Å²) in [6, 6.07) is 0.208. The van der Waals surface area contributed by atoms with Gasteiger partial charge in [-0.1, -0.05) is 26.7 Å². The van der Waals surface area contributed by atoms with Gasteiger partial charge in [0.15, 0.2) is 0 Å². The fourth-order valence-electron chi connectivity index (χ4n) is 3.45. The Bertz CT molecular complexity index is 393. The van der Waals surface area contributed by atoms with E-state index in [-0.39, 0.29) is 36.1 Å². The van der Waals surface area contributed by atoms with Crippen LogP contribution < -0.4 is 0 Å². The first-order valence-electron chi connectivity index (χ1n) is 9.11. The van der Waals surface area contributed by atoms with Crippen LogP contribution in [0.3, 0.4) is 0 Å². The van der Waals surface area contributed by atoms with Gasteiger partial charge >= 0.3 is 6.09 Å². The maximum atomic E-state index is 12.4. The molecule has 1 N–H and O–H groups in total. The third-order valence-corrected chi connectivity index (χ3v) is 4.69. The third kappa shape index (κ3) is 5.83. The average molecular weight is 325 g/mol. The molecule has 0 unspecified atom stereocenters. The Morgan fingerprint density at radius 1 is 1.13 bits per heavy atom. The lowest BCUT2D eigenvalue weighted by molar-refractivity contribution is 0.0721. The molecule has 0 bridgehead atoms. The van der Waals surface area contributed by atoms with Crippen LogP contribution in [-0.2, 0) is 4.74 Å². The first kappa shape index (κ1) is 20.0. The maximum Gasteiger partial charge on any atom is 0.415 e. The van der Waals surface area contributed by atoms with Crippen molar-refractivity contribution in [3.63, 3.8) is 0 Å². The summed E-state index contributed by atoms with van der Waals surface area (Å²) in [7, 11) is 0. The van der Waals surface area contributed by atoms with E-state index in [4.69, 9.17) is 4.74 Å². The smallest absolute Gasteiger partial charge is 0.415 e. The molecule has 2 atom stereocenters. The minimum Gasteiger partial charge on any atom is -0.418 e. The SMILES string of the molecule is CC(C)[C@@H](O)[C@H]1CCCCC/C1=C\OC(=O)N(C(C)C)C(C)C. The Hall–Kier alpha value is -1.03. The second-order valence-electron chi connectivity index (χ2n) is 7.61. The predicted molar refractivity (Wildman–Crippen MR) is 94.1 cm³/mol. The van der Waals surface area contributed by atoms with Gasteiger partial charge in [0.2, 0.25) is 0 Å². The van der Waals surface area contributed by atoms with E-state index in [1.807, 2.05) is 41.5 Å². The van der Waals surface area contributed by atoms with Crippen molar-refractivity contribution >= 4 is 6.09 Å². The Kier molecular flexibility index (Phi) is 8.10. The van der Waals surface area contributed by atoms with Crippen molar-refractivity contribution in [2.24, 2.45) is 11.8 Å². The zero-order chi connectivity index (χ0) is 17.6. The summed E-state index contributed by atoms with van der Waals surface area (Å²) in [6.45, 7) is 12.0. The Balaban J connectivity index is 2.86. The highest BCUT2D eigenvalue weighted by atomic mass is 16.5. The molecule has 0 aromatic rings. The molecule has 1 aliphatic rings. The average Bonchev–Trinajstić information content (AvgIpc) is 2.68. The van der Waals surface area contributed by atoms with Gasteiger partial charge in [-0.25, -0.2) is 4.79 Å². The number of amides is 1. The van der Waals surface area contributed by atoms with Crippen LogP contribution in [0.25, 0.3) is 0 Å². The Morgan fingerprint density at radius 2 is 1.74 bits per heavy atom. The van der Waals surface area contributed by atoms with E-state index in [9.17, 15) is 9.90 Å². The van der Waals surface area contributed by atoms with Gasteiger partial charge in [-0.15, -0.1) is 0 Å². The van der Waals surface area contributed by atoms with E-state index < -0.39 is 0 Å². The predicted octanol–water partition coefficient (Wildman–Crippen LogP) is 4.72. The molecule has 4 nitrogen and oxygen atoms in total. The van der Waals surface area contributed by atoms with Crippen molar-refractivity contribution in [3.8, 4) is 0 Å². The van der Waals surface area contributed by atoms with Crippen LogP contribution in [0.2, 0.25) is 0 Å². The van der Waals surface area contributed by atoms with Crippen LogP contribution in [-0.4, -0.2) is 34.3 Å². The minimum atomic E-state index is -0.371. The van der Waals surface area contributed by atoms with Gasteiger partial charge in [0.25, 0.3) is 0 Å². The number of carbonyl (C=O) groups is 1. The minimum absolute atomic E-state index is 0.104. The van der Waals surface area contributed by atoms with E-state index in [2.05, 4.69) is 0 Å². The molecule has 0 heterocycles. The molecule has 4 heteroatoms. The normalized spacial score (nSPS) is 22.5. The van der Waals surface area contributed by atoms with E-state index in [1.54, 1.807) is 11.2 Å². The Labute approximate surface area is 141 Å². The molecule has 1 rings (SSSR count). The van der Waals surface area contributed by atoms with Crippen LogP contribution in [0.15, 0.2) is 11.8 Å². The molecule has 0 radical (unpaired) electrons. The van der Waals surface area contributed by atoms with E-state index in [0.29, 0.717) is 0 Å². The fourth-order valence-corrected chi connectivity index (χ4v) is 3.45. The molecule has 134 valence electrons. The monoisotopic (exact) mass is 325 g/mol. The van der Waals surface area contributed by atoms with Crippen molar-refractivity contribution in [3.05, 3.63) is 11.8 Å². The zero-order valence-electron chi connectivity index (χ0n) is 15.7. The van der Waals surface area contributed by atoms with Gasteiger partial charge in [-0.3, -0.25) is 0 Å². The summed E-state index contributed by atoms with van der Waals surface area (Å²) >= 11 is 0. The van der Waals surface area contributed by atoms with Crippen LogP contribution in [0.1, 0.15) is 73.6 Å². The highest BCUT2D eigenvalue weighted by molar-refractivity contribution is 5.69. The molecule has 1 aliphatic carbocycles. The summed E-state index contributed by atoms with van der Waals surface area (Å²) in [5.41, 5.74) is 1.09. The van der Waals surface area contributed by atoms with Gasteiger partial charge in [0, 0.05) is 18.0 Å². The number of hydrogen-bond acceptors (Lipinski definition) is 3. The van der Waals surface area contributed by atoms with Crippen molar-refractivity contribution in [1.82, 2.24) is 4.90 Å². The number of carbonyl (C=O) groups excluding carboxylic acids is 1. The fraction of sp³-hybridized carbons (Fsp3) is 0.842. The molecule has 0 aromatic heterocycles. The summed E-state index contributed by atoms with van der Waals surface area (Å²) in [5.74, 6) is 0.317. The van der Waals surface area contributed by atoms with Gasteiger partial charge in [-0.05, 0) is 58.4 Å². The van der Waals surface area contributed by atoms with Gasteiger partial charge in [-0.2, -0.15) is 0 Å². The molecule has 23 heavy (non-hydrogen) atoms. The number of hydrogen-bond donors (Lipinski definition) is 1. The zero-order valence-corrected chi connectivity index (χ0v) is 15.7. The topological polar surface area (TPSA) is 49.8 Å². The Morgan fingerprint density at radius 3 is 2.26 bits per heavy atom. The molecule has 1 saturated carbocycles. The molecule has 0 saturated heterocycles. The number of rotatable bonds is 5. The van der Waals surface area contributed by atoms with Gasteiger partial charge in [0.1, 0.15) is 0 Å². The second-order valence-corrected chi connectivity index (χ2v) is 7.61. The third-order valence-electron chi connectivity index (χ3n) is 4.69. The van der Waals surface area contributed by atoms with E-state index >= 15 is 0 Å². The largest absolute Gasteiger partial charge is 0.418 e. The van der Waals surface area contributed by atoms with Crippen molar-refractivity contribution < 1.29 is 14.6 Å². The van der Waals surface area contributed by atoms with Crippen LogP contribution in [0.4, 0.5) is 4.79 Å². The number of ether oxygens (including phenoxy) is 1. The standard InChI is InChI=1S/C19H35NO3/c1-13(2)18(21)17-11-9-7-8-10-16(17)12-23-19(22)20(14(3)4)15(5)6/h12-15,17-18,21H,7-11H2,1-6H3/b16-12+/t17-,18+/m0/s1. The molecular formula is C19H35NO3. The quantitative estimate of drug-likeness (QED) is 0.587. The van der Waals surface area contributed by atoms with E-state index in [1.165, 1.54) is 6.42 Å². The summed E-state index contributed by atoms with van der Waals surface area (Å²) < 4.78 is 5.50.